The molecule has 0 radical (unpaired) electrons. The van der Waals surface area contributed by atoms with Crippen molar-refractivity contribution in [2.45, 2.75) is 50.7 Å². The molecule has 3 heterocycles. The first kappa shape index (κ1) is 21.6. The average molecular weight is 447 g/mol. The predicted octanol–water partition coefficient (Wildman–Crippen LogP) is 4.84. The van der Waals surface area contributed by atoms with Crippen LogP contribution in [0.15, 0.2) is 54.9 Å². The number of pyridine rings is 1. The lowest BCUT2D eigenvalue weighted by Gasteiger charge is -2.39. The van der Waals surface area contributed by atoms with E-state index in [0.717, 1.165) is 24.8 Å². The summed E-state index contributed by atoms with van der Waals surface area (Å²) in [7, 11) is 0. The van der Waals surface area contributed by atoms with Gasteiger partial charge in [-0.25, -0.2) is 9.97 Å². The highest BCUT2D eigenvalue weighted by atomic mass is 16.8. The Hall–Kier alpha value is -3.20. The van der Waals surface area contributed by atoms with Crippen molar-refractivity contribution in [1.82, 2.24) is 20.2 Å². The van der Waals surface area contributed by atoms with Crippen LogP contribution in [0.2, 0.25) is 0 Å². The van der Waals surface area contributed by atoms with Gasteiger partial charge in [0, 0.05) is 23.5 Å². The molecule has 3 atom stereocenters. The summed E-state index contributed by atoms with van der Waals surface area (Å²) in [6.07, 6.45) is 9.70. The highest BCUT2D eigenvalue weighted by molar-refractivity contribution is 5.97. The quantitative estimate of drug-likeness (QED) is 0.436. The monoisotopic (exact) mass is 446 g/mol. The third-order valence-corrected chi connectivity index (χ3v) is 6.57. The molecule has 5 rings (SSSR count). The van der Waals surface area contributed by atoms with Gasteiger partial charge in [0.05, 0.1) is 17.5 Å². The second kappa shape index (κ2) is 9.35. The molecule has 8 nitrogen and oxygen atoms in total. The maximum atomic E-state index is 12.7. The molecule has 1 amide bonds. The number of ether oxygens (including phenoxy) is 1. The summed E-state index contributed by atoms with van der Waals surface area (Å²) in [5.41, 5.74) is 2.58. The molecule has 0 bridgehead atoms. The molecule has 1 aliphatic heterocycles. The first-order chi connectivity index (χ1) is 16.1. The summed E-state index contributed by atoms with van der Waals surface area (Å²) in [6, 6.07) is 13.0. The Balaban J connectivity index is 1.67. The molecule has 2 N–H and O–H groups in total. The van der Waals surface area contributed by atoms with Crippen LogP contribution in [0.1, 0.15) is 60.8 Å². The molecule has 8 heteroatoms. The molecule has 170 valence electrons. The predicted molar refractivity (Wildman–Crippen MR) is 119 cm³/mol. The molecule has 3 unspecified atom stereocenters. The largest absolute Gasteiger partial charge is 0.368 e. The second-order valence-electron chi connectivity index (χ2n) is 8.64. The molecular weight excluding hydrogens is 420 g/mol. The number of nitrogens with zero attached hydrogens (tertiary/aromatic N) is 4. The van der Waals surface area contributed by atoms with Crippen molar-refractivity contribution in [3.05, 3.63) is 66.2 Å². The molecule has 1 saturated carbocycles. The van der Waals surface area contributed by atoms with Gasteiger partial charge in [0.1, 0.15) is 11.8 Å². The Morgan fingerprint density at radius 3 is 2.45 bits per heavy atom. The van der Waals surface area contributed by atoms with Gasteiger partial charge in [-0.05, 0) is 43.7 Å². The standard InChI is InChI=1S/C25H26N4O4/c30-25(29(31)32)24-22(18-10-6-14-26-15-18)27-23(21(28-24)17-8-2-1-3-9-17)20-13-12-16-7-4-5-11-19(16)33-20/h1-3,6,8-10,14-16,19-20,31-32H,4-5,7,11-13H2. The summed E-state index contributed by atoms with van der Waals surface area (Å²) in [5, 5.41) is 18.5. The topological polar surface area (TPSA) is 109 Å². The molecular formula is C25H26N4O4. The number of hydrogen-bond acceptors (Lipinski definition) is 7. The Morgan fingerprint density at radius 1 is 0.909 bits per heavy atom. The molecule has 3 aromatic rings. The van der Waals surface area contributed by atoms with Crippen molar-refractivity contribution in [2.75, 3.05) is 0 Å². The average Bonchev–Trinajstić information content (AvgIpc) is 2.88. The Bertz CT molecular complexity index is 1120. The zero-order valence-corrected chi connectivity index (χ0v) is 18.2. The number of hydrogen-bond donors (Lipinski definition) is 2. The minimum atomic E-state index is -1.07. The van der Waals surface area contributed by atoms with E-state index in [1.54, 1.807) is 24.5 Å². The van der Waals surface area contributed by atoms with E-state index in [-0.39, 0.29) is 23.6 Å². The summed E-state index contributed by atoms with van der Waals surface area (Å²) >= 11 is 0. The van der Waals surface area contributed by atoms with Crippen molar-refractivity contribution in [2.24, 2.45) is 5.92 Å². The SMILES string of the molecule is O=C(c1nc(-c2ccccc2)c(C2CCC3CCCCC3O2)nc1-c1cccnc1)N(O)O. The smallest absolute Gasteiger partial charge is 0.324 e. The molecule has 1 aliphatic carbocycles. The first-order valence-corrected chi connectivity index (χ1v) is 11.4. The van der Waals surface area contributed by atoms with Crippen molar-refractivity contribution < 1.29 is 19.9 Å². The van der Waals surface area contributed by atoms with E-state index < -0.39 is 11.1 Å². The summed E-state index contributed by atoms with van der Waals surface area (Å²) in [5.74, 6) is -0.485. The normalized spacial score (nSPS) is 22.4. The molecule has 2 fully saturated rings. The fraction of sp³-hybridized carbons (Fsp3) is 0.360. The van der Waals surface area contributed by atoms with Crippen LogP contribution in [0.25, 0.3) is 22.5 Å². The molecule has 2 aromatic heterocycles. The zero-order chi connectivity index (χ0) is 22.8. The second-order valence-corrected chi connectivity index (χ2v) is 8.64. The number of fused-ring (bicyclic) bond motifs is 1. The van der Waals surface area contributed by atoms with Crippen LogP contribution in [0, 0.1) is 5.92 Å². The summed E-state index contributed by atoms with van der Waals surface area (Å²) in [4.78, 5) is 26.3. The minimum absolute atomic E-state index is 0.165. The van der Waals surface area contributed by atoms with E-state index in [0.29, 0.717) is 22.9 Å². The van der Waals surface area contributed by atoms with Crippen LogP contribution in [0.3, 0.4) is 0 Å². The first-order valence-electron chi connectivity index (χ1n) is 11.4. The van der Waals surface area contributed by atoms with E-state index in [1.807, 2.05) is 30.3 Å². The van der Waals surface area contributed by atoms with Gasteiger partial charge in [-0.3, -0.25) is 20.2 Å². The number of aromatic nitrogens is 3. The lowest BCUT2D eigenvalue weighted by atomic mass is 9.80. The molecule has 1 saturated heterocycles. The Labute approximate surface area is 191 Å². The lowest BCUT2D eigenvalue weighted by Crippen LogP contribution is -2.34. The van der Waals surface area contributed by atoms with Gasteiger partial charge >= 0.3 is 5.91 Å². The van der Waals surface area contributed by atoms with Gasteiger partial charge < -0.3 is 4.74 Å². The van der Waals surface area contributed by atoms with Crippen molar-refractivity contribution in [1.29, 1.82) is 0 Å². The van der Waals surface area contributed by atoms with Crippen LogP contribution in [0.5, 0.6) is 0 Å². The van der Waals surface area contributed by atoms with Gasteiger partial charge in [-0.1, -0.05) is 48.4 Å². The van der Waals surface area contributed by atoms with Crippen LogP contribution in [0.4, 0.5) is 0 Å². The maximum Gasteiger partial charge on any atom is 0.324 e. The highest BCUT2D eigenvalue weighted by Crippen LogP contribution is 2.43. The van der Waals surface area contributed by atoms with Crippen LogP contribution < -0.4 is 0 Å². The van der Waals surface area contributed by atoms with Crippen molar-refractivity contribution >= 4 is 5.91 Å². The number of rotatable bonds is 4. The summed E-state index contributed by atoms with van der Waals surface area (Å²) < 4.78 is 6.56. The van der Waals surface area contributed by atoms with Gasteiger partial charge in [0.2, 0.25) is 0 Å². The van der Waals surface area contributed by atoms with Crippen LogP contribution in [-0.4, -0.2) is 42.6 Å². The number of carbonyl (C=O) groups is 1. The van der Waals surface area contributed by atoms with Gasteiger partial charge in [-0.15, -0.1) is 0 Å². The number of carbonyl (C=O) groups excluding carboxylic acids is 1. The van der Waals surface area contributed by atoms with E-state index in [9.17, 15) is 15.2 Å². The van der Waals surface area contributed by atoms with E-state index in [2.05, 4.69) is 9.97 Å². The Kier molecular flexibility index (Phi) is 6.13. The Morgan fingerprint density at radius 2 is 1.70 bits per heavy atom. The van der Waals surface area contributed by atoms with Gasteiger partial charge in [0.15, 0.2) is 5.69 Å². The lowest BCUT2D eigenvalue weighted by molar-refractivity contribution is -0.260. The van der Waals surface area contributed by atoms with Crippen LogP contribution in [-0.2, 0) is 4.74 Å². The summed E-state index contributed by atoms with van der Waals surface area (Å²) in [6.45, 7) is 0. The highest BCUT2D eigenvalue weighted by Gasteiger charge is 2.36. The van der Waals surface area contributed by atoms with Gasteiger partial charge in [-0.2, -0.15) is 0 Å². The molecule has 1 aromatic carbocycles. The van der Waals surface area contributed by atoms with Crippen molar-refractivity contribution in [3.63, 3.8) is 0 Å². The maximum absolute atomic E-state index is 12.7. The number of amides is 1. The minimum Gasteiger partial charge on any atom is -0.368 e. The van der Waals surface area contributed by atoms with Gasteiger partial charge in [0.25, 0.3) is 0 Å². The fourth-order valence-electron chi connectivity index (χ4n) is 4.96. The third-order valence-electron chi connectivity index (χ3n) is 6.57. The molecule has 0 spiro atoms. The molecule has 2 aliphatic rings. The van der Waals surface area contributed by atoms with E-state index in [1.165, 1.54) is 19.3 Å². The fourth-order valence-corrected chi connectivity index (χ4v) is 4.96. The number of benzene rings is 1. The van der Waals surface area contributed by atoms with E-state index in [4.69, 9.17) is 9.72 Å². The number of hydroxylamine groups is 2. The third kappa shape index (κ3) is 4.37. The van der Waals surface area contributed by atoms with E-state index >= 15 is 0 Å². The molecule has 33 heavy (non-hydrogen) atoms. The van der Waals surface area contributed by atoms with Crippen molar-refractivity contribution in [3.8, 4) is 22.5 Å². The van der Waals surface area contributed by atoms with Crippen LogP contribution >= 0.6 is 0 Å². The zero-order valence-electron chi connectivity index (χ0n) is 18.2.